The summed E-state index contributed by atoms with van der Waals surface area (Å²) in [6.07, 6.45) is 1.52. The Kier molecular flexibility index (Phi) is 5.76. The minimum Gasteiger partial charge on any atom is -0.454 e. The molecule has 0 aromatic heterocycles. The van der Waals surface area contributed by atoms with Crippen LogP contribution in [0.2, 0.25) is 0 Å². The molecule has 7 nitrogen and oxygen atoms in total. The summed E-state index contributed by atoms with van der Waals surface area (Å²) in [6, 6.07) is 19.0. The Morgan fingerprint density at radius 2 is 1.53 bits per heavy atom. The normalized spacial score (nSPS) is 12.0. The van der Waals surface area contributed by atoms with Gasteiger partial charge in [-0.2, -0.15) is 5.10 Å². The summed E-state index contributed by atoms with van der Waals surface area (Å²) in [7, 11) is 0. The van der Waals surface area contributed by atoms with Gasteiger partial charge in [-0.1, -0.05) is 15.9 Å². The van der Waals surface area contributed by atoms with Gasteiger partial charge in [0.1, 0.15) is 0 Å². The number of halogens is 1. The van der Waals surface area contributed by atoms with Crippen LogP contribution in [-0.2, 0) is 0 Å². The first-order chi connectivity index (χ1) is 14.6. The van der Waals surface area contributed by atoms with Crippen LogP contribution < -0.4 is 20.2 Å². The van der Waals surface area contributed by atoms with Gasteiger partial charge in [0.05, 0.1) is 6.21 Å². The molecule has 3 aromatic carbocycles. The first-order valence-corrected chi connectivity index (χ1v) is 9.78. The summed E-state index contributed by atoms with van der Waals surface area (Å²) in [5.41, 5.74) is 4.78. The number of anilines is 1. The van der Waals surface area contributed by atoms with Crippen LogP contribution in [0, 0.1) is 0 Å². The van der Waals surface area contributed by atoms with E-state index in [1.54, 1.807) is 60.7 Å². The number of ether oxygens (including phenoxy) is 2. The topological polar surface area (TPSA) is 89.0 Å². The van der Waals surface area contributed by atoms with Gasteiger partial charge >= 0.3 is 0 Å². The largest absolute Gasteiger partial charge is 0.454 e. The lowest BCUT2D eigenvalue weighted by Crippen LogP contribution is -2.17. The second kappa shape index (κ2) is 8.79. The lowest BCUT2D eigenvalue weighted by Gasteiger charge is -2.06. The molecule has 4 rings (SSSR count). The summed E-state index contributed by atoms with van der Waals surface area (Å²) in [5, 5.41) is 6.76. The molecule has 0 unspecified atom stereocenters. The fraction of sp³-hybridized carbons (Fsp3) is 0.0455. The molecule has 30 heavy (non-hydrogen) atoms. The van der Waals surface area contributed by atoms with Gasteiger partial charge < -0.3 is 14.8 Å². The second-order valence-electron chi connectivity index (χ2n) is 6.35. The molecule has 0 atom stereocenters. The van der Waals surface area contributed by atoms with Crippen molar-refractivity contribution in [2.75, 3.05) is 12.1 Å². The molecule has 0 fully saturated rings. The molecule has 2 amide bonds. The Hall–Kier alpha value is -3.65. The van der Waals surface area contributed by atoms with Gasteiger partial charge in [-0.05, 0) is 72.3 Å². The van der Waals surface area contributed by atoms with E-state index in [4.69, 9.17) is 9.47 Å². The van der Waals surface area contributed by atoms with Crippen LogP contribution >= 0.6 is 15.9 Å². The number of nitrogens with zero attached hydrogens (tertiary/aromatic N) is 1. The summed E-state index contributed by atoms with van der Waals surface area (Å²) in [5.74, 6) is 0.736. The van der Waals surface area contributed by atoms with Crippen molar-refractivity contribution in [1.82, 2.24) is 5.43 Å². The van der Waals surface area contributed by atoms with Crippen LogP contribution in [0.15, 0.2) is 76.3 Å². The zero-order valence-corrected chi connectivity index (χ0v) is 17.2. The quantitative estimate of drug-likeness (QED) is 0.436. The molecule has 3 aromatic rings. The number of nitrogens with one attached hydrogen (secondary N) is 2. The fourth-order valence-corrected chi connectivity index (χ4v) is 3.00. The van der Waals surface area contributed by atoms with Crippen LogP contribution in [0.25, 0.3) is 0 Å². The molecule has 1 heterocycles. The first-order valence-electron chi connectivity index (χ1n) is 8.98. The van der Waals surface area contributed by atoms with Crippen molar-refractivity contribution in [1.29, 1.82) is 0 Å². The van der Waals surface area contributed by atoms with Crippen molar-refractivity contribution >= 4 is 39.6 Å². The van der Waals surface area contributed by atoms with Crippen LogP contribution in [-0.4, -0.2) is 24.8 Å². The predicted octanol–water partition coefficient (Wildman–Crippen LogP) is 4.19. The molecule has 0 aliphatic carbocycles. The minimum atomic E-state index is -0.363. The maximum atomic E-state index is 12.2. The third kappa shape index (κ3) is 4.66. The maximum absolute atomic E-state index is 12.2. The average molecular weight is 466 g/mol. The number of fused-ring (bicyclic) bond motifs is 1. The lowest BCUT2D eigenvalue weighted by molar-refractivity contribution is 0.0954. The van der Waals surface area contributed by atoms with Crippen molar-refractivity contribution in [2.45, 2.75) is 0 Å². The van der Waals surface area contributed by atoms with Gasteiger partial charge in [-0.3, -0.25) is 9.59 Å². The highest BCUT2D eigenvalue weighted by atomic mass is 79.9. The Bertz CT molecular complexity index is 1110. The SMILES string of the molecule is O=C(N/N=C\c1ccc2c(c1)OCO2)c1ccc(NC(=O)c2ccc(Br)cc2)cc1. The summed E-state index contributed by atoms with van der Waals surface area (Å²) in [4.78, 5) is 24.5. The summed E-state index contributed by atoms with van der Waals surface area (Å²) >= 11 is 3.34. The number of hydrazone groups is 1. The third-order valence-corrected chi connectivity index (χ3v) is 4.82. The Balaban J connectivity index is 1.33. The highest BCUT2D eigenvalue weighted by molar-refractivity contribution is 9.10. The molecule has 0 radical (unpaired) electrons. The average Bonchev–Trinajstić information content (AvgIpc) is 3.22. The Morgan fingerprint density at radius 3 is 2.30 bits per heavy atom. The molecule has 1 aliphatic heterocycles. The van der Waals surface area contributed by atoms with Crippen molar-refractivity contribution in [2.24, 2.45) is 5.10 Å². The number of rotatable bonds is 5. The van der Waals surface area contributed by atoms with Crippen LogP contribution in [0.3, 0.4) is 0 Å². The minimum absolute atomic E-state index is 0.201. The summed E-state index contributed by atoms with van der Waals surface area (Å²) < 4.78 is 11.5. The molecule has 0 bridgehead atoms. The number of hydrogen-bond acceptors (Lipinski definition) is 5. The number of benzene rings is 3. The van der Waals surface area contributed by atoms with E-state index in [0.29, 0.717) is 28.3 Å². The van der Waals surface area contributed by atoms with Crippen molar-refractivity contribution in [3.63, 3.8) is 0 Å². The molecule has 0 saturated carbocycles. The highest BCUT2D eigenvalue weighted by Crippen LogP contribution is 2.31. The number of carbonyl (C=O) groups is 2. The predicted molar refractivity (Wildman–Crippen MR) is 116 cm³/mol. The van der Waals surface area contributed by atoms with E-state index in [0.717, 1.165) is 10.0 Å². The van der Waals surface area contributed by atoms with Crippen LogP contribution in [0.1, 0.15) is 26.3 Å². The standard InChI is InChI=1S/C22H16BrN3O4/c23-17-6-2-15(3-7-17)21(27)25-18-8-4-16(5-9-18)22(28)26-24-12-14-1-10-19-20(11-14)30-13-29-19/h1-12H,13H2,(H,25,27)(H,26,28)/b24-12-. The molecule has 0 saturated heterocycles. The van der Waals surface area contributed by atoms with Gasteiger partial charge in [0.25, 0.3) is 11.8 Å². The third-order valence-electron chi connectivity index (χ3n) is 4.29. The second-order valence-corrected chi connectivity index (χ2v) is 7.27. The fourth-order valence-electron chi connectivity index (χ4n) is 2.73. The molecule has 150 valence electrons. The summed E-state index contributed by atoms with van der Waals surface area (Å²) in [6.45, 7) is 0.201. The molecular formula is C22H16BrN3O4. The maximum Gasteiger partial charge on any atom is 0.271 e. The molecule has 8 heteroatoms. The molecule has 0 spiro atoms. The molecule has 2 N–H and O–H groups in total. The first kappa shape index (κ1) is 19.7. The van der Waals surface area contributed by atoms with Crippen molar-refractivity contribution < 1.29 is 19.1 Å². The number of amides is 2. The van der Waals surface area contributed by atoms with E-state index < -0.39 is 0 Å². The lowest BCUT2D eigenvalue weighted by atomic mass is 10.1. The van der Waals surface area contributed by atoms with Crippen molar-refractivity contribution in [3.05, 3.63) is 87.9 Å². The van der Waals surface area contributed by atoms with E-state index in [-0.39, 0.29) is 18.6 Å². The Labute approximate surface area is 180 Å². The zero-order chi connectivity index (χ0) is 20.9. The van der Waals surface area contributed by atoms with E-state index in [1.165, 1.54) is 6.21 Å². The monoisotopic (exact) mass is 465 g/mol. The van der Waals surface area contributed by atoms with Gasteiger partial charge in [-0.25, -0.2) is 5.43 Å². The van der Waals surface area contributed by atoms with Gasteiger partial charge in [0.15, 0.2) is 11.5 Å². The van der Waals surface area contributed by atoms with Gasteiger partial charge in [0.2, 0.25) is 6.79 Å². The van der Waals surface area contributed by atoms with E-state index >= 15 is 0 Å². The number of hydrogen-bond donors (Lipinski definition) is 2. The molecular weight excluding hydrogens is 450 g/mol. The van der Waals surface area contributed by atoms with Crippen LogP contribution in [0.4, 0.5) is 5.69 Å². The molecule has 1 aliphatic rings. The van der Waals surface area contributed by atoms with E-state index in [1.807, 2.05) is 6.07 Å². The zero-order valence-electron chi connectivity index (χ0n) is 15.6. The smallest absolute Gasteiger partial charge is 0.271 e. The van der Waals surface area contributed by atoms with Gasteiger partial charge in [-0.15, -0.1) is 0 Å². The van der Waals surface area contributed by atoms with Crippen molar-refractivity contribution in [3.8, 4) is 11.5 Å². The number of carbonyl (C=O) groups excluding carboxylic acids is 2. The van der Waals surface area contributed by atoms with E-state index in [2.05, 4.69) is 31.8 Å². The van der Waals surface area contributed by atoms with E-state index in [9.17, 15) is 9.59 Å². The van der Waals surface area contributed by atoms with Crippen LogP contribution in [0.5, 0.6) is 11.5 Å². The Morgan fingerprint density at radius 1 is 0.867 bits per heavy atom. The highest BCUT2D eigenvalue weighted by Gasteiger charge is 2.12. The van der Waals surface area contributed by atoms with Gasteiger partial charge in [0, 0.05) is 21.3 Å².